The molecule has 130 valence electrons. The lowest BCUT2D eigenvalue weighted by Crippen LogP contribution is -2.32. The van der Waals surface area contributed by atoms with Crippen molar-refractivity contribution in [3.63, 3.8) is 0 Å². The molecule has 0 aliphatic carbocycles. The highest BCUT2D eigenvalue weighted by atomic mass is 32.2. The van der Waals surface area contributed by atoms with Crippen LogP contribution in [-0.4, -0.2) is 34.8 Å². The lowest BCUT2D eigenvalue weighted by molar-refractivity contribution is -0.120. The first-order valence-corrected chi connectivity index (χ1v) is 9.06. The molecule has 0 bridgehead atoms. The minimum Gasteiger partial charge on any atom is -0.497 e. The third-order valence-electron chi connectivity index (χ3n) is 3.84. The molecule has 0 aliphatic heterocycles. The van der Waals surface area contributed by atoms with Crippen molar-refractivity contribution in [3.8, 4) is 5.75 Å². The van der Waals surface area contributed by atoms with Gasteiger partial charge in [0.2, 0.25) is 5.91 Å². The summed E-state index contributed by atoms with van der Waals surface area (Å²) in [4.78, 5) is 21.1. The van der Waals surface area contributed by atoms with E-state index in [0.717, 1.165) is 27.5 Å². The molecule has 1 unspecified atom stereocenters. The summed E-state index contributed by atoms with van der Waals surface area (Å²) in [6.07, 6.45) is 0.681. The highest BCUT2D eigenvalue weighted by Crippen LogP contribution is 2.25. The molecule has 2 aromatic carbocycles. The van der Waals surface area contributed by atoms with Gasteiger partial charge in [-0.3, -0.25) is 4.79 Å². The van der Waals surface area contributed by atoms with E-state index in [1.807, 2.05) is 55.5 Å². The molecule has 3 rings (SSSR count). The summed E-state index contributed by atoms with van der Waals surface area (Å²) in [5, 5.41) is 2.81. The number of nitrogens with one attached hydrogen (secondary N) is 2. The maximum atomic E-state index is 12.2. The molecule has 1 heterocycles. The summed E-state index contributed by atoms with van der Waals surface area (Å²) >= 11 is 1.53. The average Bonchev–Trinajstić information content (AvgIpc) is 3.05. The Morgan fingerprint density at radius 1 is 1.24 bits per heavy atom. The summed E-state index contributed by atoms with van der Waals surface area (Å²) in [6, 6.07) is 15.6. The van der Waals surface area contributed by atoms with E-state index >= 15 is 0 Å². The van der Waals surface area contributed by atoms with E-state index in [0.29, 0.717) is 13.0 Å². The number of benzene rings is 2. The first-order valence-electron chi connectivity index (χ1n) is 8.18. The Bertz CT molecular complexity index is 812. The van der Waals surface area contributed by atoms with Crippen molar-refractivity contribution in [3.05, 3.63) is 54.4 Å². The molecule has 0 aliphatic rings. The molecule has 1 atom stereocenters. The van der Waals surface area contributed by atoms with Crippen LogP contribution in [0.15, 0.2) is 53.4 Å². The third kappa shape index (κ3) is 4.54. The van der Waals surface area contributed by atoms with Gasteiger partial charge in [0, 0.05) is 17.9 Å². The second-order valence-electron chi connectivity index (χ2n) is 5.68. The van der Waals surface area contributed by atoms with Gasteiger partial charge in [-0.15, -0.1) is 11.8 Å². The molecule has 0 fully saturated rings. The van der Waals surface area contributed by atoms with Gasteiger partial charge in [0.15, 0.2) is 0 Å². The second kappa shape index (κ2) is 8.07. The second-order valence-corrected chi connectivity index (χ2v) is 7.09. The van der Waals surface area contributed by atoms with Crippen LogP contribution in [0.3, 0.4) is 0 Å². The lowest BCUT2D eigenvalue weighted by Gasteiger charge is -2.12. The van der Waals surface area contributed by atoms with Crippen LogP contribution in [0.25, 0.3) is 11.0 Å². The number of aromatic nitrogens is 2. The van der Waals surface area contributed by atoms with Crippen molar-refractivity contribution < 1.29 is 9.53 Å². The third-order valence-corrected chi connectivity index (χ3v) is 4.95. The largest absolute Gasteiger partial charge is 0.497 e. The molecule has 0 spiro atoms. The molecule has 1 amide bonds. The van der Waals surface area contributed by atoms with E-state index in [9.17, 15) is 4.79 Å². The first-order chi connectivity index (χ1) is 12.2. The number of carbonyl (C=O) groups is 1. The summed E-state index contributed by atoms with van der Waals surface area (Å²) in [6.45, 7) is 2.47. The average molecular weight is 355 g/mol. The maximum absolute atomic E-state index is 12.2. The Labute approximate surface area is 151 Å². The van der Waals surface area contributed by atoms with Crippen molar-refractivity contribution in [2.75, 3.05) is 13.7 Å². The fourth-order valence-electron chi connectivity index (χ4n) is 2.48. The van der Waals surface area contributed by atoms with Crippen molar-refractivity contribution in [2.45, 2.75) is 23.5 Å². The zero-order chi connectivity index (χ0) is 17.6. The fraction of sp³-hybridized carbons (Fsp3) is 0.263. The van der Waals surface area contributed by atoms with E-state index in [1.165, 1.54) is 11.8 Å². The predicted octanol–water partition coefficient (Wildman–Crippen LogP) is 3.41. The Morgan fingerprint density at radius 3 is 2.72 bits per heavy atom. The summed E-state index contributed by atoms with van der Waals surface area (Å²) in [5.41, 5.74) is 1.97. The number of ether oxygens (including phenoxy) is 1. The zero-order valence-electron chi connectivity index (χ0n) is 14.3. The highest BCUT2D eigenvalue weighted by Gasteiger charge is 2.14. The maximum Gasteiger partial charge on any atom is 0.233 e. The number of amides is 1. The quantitative estimate of drug-likeness (QED) is 0.638. The summed E-state index contributed by atoms with van der Waals surface area (Å²) < 4.78 is 5.14. The Kier molecular flexibility index (Phi) is 5.60. The Balaban J connectivity index is 1.47. The van der Waals surface area contributed by atoms with Crippen LogP contribution in [0.5, 0.6) is 5.75 Å². The molecule has 3 aromatic rings. The van der Waals surface area contributed by atoms with Crippen molar-refractivity contribution in [1.82, 2.24) is 15.3 Å². The van der Waals surface area contributed by atoms with Crippen LogP contribution < -0.4 is 10.1 Å². The SMILES string of the molecule is COc1ccc(SC(C)C(=O)NCCc2nc3ccccc3[nH]2)cc1. The zero-order valence-corrected chi connectivity index (χ0v) is 15.1. The highest BCUT2D eigenvalue weighted by molar-refractivity contribution is 8.00. The molecule has 25 heavy (non-hydrogen) atoms. The lowest BCUT2D eigenvalue weighted by atomic mass is 10.3. The number of rotatable bonds is 7. The number of para-hydroxylation sites is 2. The molecule has 0 saturated heterocycles. The number of hydrogen-bond donors (Lipinski definition) is 2. The molecular weight excluding hydrogens is 334 g/mol. The van der Waals surface area contributed by atoms with Crippen LogP contribution in [0.4, 0.5) is 0 Å². The van der Waals surface area contributed by atoms with Gasteiger partial charge in [-0.1, -0.05) is 12.1 Å². The minimum atomic E-state index is -0.163. The van der Waals surface area contributed by atoms with Crippen LogP contribution in [-0.2, 0) is 11.2 Å². The number of thioether (sulfide) groups is 1. The van der Waals surface area contributed by atoms with E-state index in [2.05, 4.69) is 15.3 Å². The minimum absolute atomic E-state index is 0.0249. The number of carbonyl (C=O) groups excluding carboxylic acids is 1. The van der Waals surface area contributed by atoms with Gasteiger partial charge >= 0.3 is 0 Å². The number of hydrogen-bond acceptors (Lipinski definition) is 4. The normalized spacial score (nSPS) is 12.1. The van der Waals surface area contributed by atoms with Gasteiger partial charge in [-0.05, 0) is 43.3 Å². The monoisotopic (exact) mass is 355 g/mol. The summed E-state index contributed by atoms with van der Waals surface area (Å²) in [7, 11) is 1.64. The van der Waals surface area contributed by atoms with Gasteiger partial charge < -0.3 is 15.0 Å². The number of fused-ring (bicyclic) bond motifs is 1. The van der Waals surface area contributed by atoms with Crippen molar-refractivity contribution in [2.24, 2.45) is 0 Å². The molecule has 1 aromatic heterocycles. The molecule has 6 heteroatoms. The van der Waals surface area contributed by atoms with Crippen molar-refractivity contribution in [1.29, 1.82) is 0 Å². The van der Waals surface area contributed by atoms with Crippen LogP contribution in [0, 0.1) is 0 Å². The molecule has 0 saturated carbocycles. The molecule has 2 N–H and O–H groups in total. The number of nitrogens with zero attached hydrogens (tertiary/aromatic N) is 1. The predicted molar refractivity (Wildman–Crippen MR) is 101 cm³/mol. The van der Waals surface area contributed by atoms with Gasteiger partial charge in [-0.25, -0.2) is 4.98 Å². The van der Waals surface area contributed by atoms with E-state index < -0.39 is 0 Å². The number of imidazole rings is 1. The van der Waals surface area contributed by atoms with E-state index in [1.54, 1.807) is 7.11 Å². The Morgan fingerprint density at radius 2 is 2.00 bits per heavy atom. The van der Waals surface area contributed by atoms with Gasteiger partial charge in [-0.2, -0.15) is 0 Å². The number of aromatic amines is 1. The molecule has 0 radical (unpaired) electrons. The summed E-state index contributed by atoms with van der Waals surface area (Å²) in [5.74, 6) is 1.72. The van der Waals surface area contributed by atoms with Gasteiger partial charge in [0.1, 0.15) is 11.6 Å². The van der Waals surface area contributed by atoms with E-state index in [4.69, 9.17) is 4.74 Å². The van der Waals surface area contributed by atoms with Crippen molar-refractivity contribution >= 4 is 28.7 Å². The first kappa shape index (κ1) is 17.4. The van der Waals surface area contributed by atoms with Crippen LogP contribution in [0.2, 0.25) is 0 Å². The van der Waals surface area contributed by atoms with Crippen LogP contribution in [0.1, 0.15) is 12.7 Å². The van der Waals surface area contributed by atoms with Gasteiger partial charge in [0.25, 0.3) is 0 Å². The molecule has 5 nitrogen and oxygen atoms in total. The fourth-order valence-corrected chi connectivity index (χ4v) is 3.38. The molecular formula is C19H21N3O2S. The Hall–Kier alpha value is -2.47. The topological polar surface area (TPSA) is 67.0 Å². The standard InChI is InChI=1S/C19H21N3O2S/c1-13(25-15-9-7-14(24-2)8-10-15)19(23)20-12-11-18-21-16-5-3-4-6-17(16)22-18/h3-10,13H,11-12H2,1-2H3,(H,20,23)(H,21,22). The van der Waals surface area contributed by atoms with Crippen LogP contribution >= 0.6 is 11.8 Å². The number of H-pyrrole nitrogens is 1. The smallest absolute Gasteiger partial charge is 0.233 e. The van der Waals surface area contributed by atoms with Gasteiger partial charge in [0.05, 0.1) is 23.4 Å². The number of methoxy groups -OCH3 is 1. The van der Waals surface area contributed by atoms with E-state index in [-0.39, 0.29) is 11.2 Å².